The summed E-state index contributed by atoms with van der Waals surface area (Å²) in [5.74, 6) is -1.55. The van der Waals surface area contributed by atoms with Crippen LogP contribution in [0.15, 0.2) is 30.3 Å². The standard InChI is InChI=1S/C33H47NO9/c1-7-34-16-30(17-38-2)14-13-20(39-3)32-19-15-31(37)27(43-29(36)18-11-9-8-10-12-18)21(19)33(42-6,26(35)28(31)41-5)22(25(32)34)23(40-4)24(30)32/h8-12,19-28,35,37H,7,13-17H2,1-6H3/t19-,20+,21-,22+,23+,24-,25+,26+,27-,28+,30+,31-,32+,33-/m1/s1. The van der Waals surface area contributed by atoms with Crippen LogP contribution in [-0.4, -0.2) is 124 Å². The Morgan fingerprint density at radius 3 is 2.37 bits per heavy atom. The van der Waals surface area contributed by atoms with Crippen LogP contribution in [0, 0.1) is 34.5 Å². The molecule has 10 nitrogen and oxygen atoms in total. The summed E-state index contributed by atoms with van der Waals surface area (Å²) >= 11 is 0. The molecule has 14 atom stereocenters. The van der Waals surface area contributed by atoms with E-state index in [0.29, 0.717) is 12.2 Å². The second-order valence-corrected chi connectivity index (χ2v) is 13.9. The third-order valence-electron chi connectivity index (χ3n) is 13.1. The SMILES string of the molecule is CCN1C[C@]2(COC)CC[C@H](OC)[C@@]34[C@@H]5C[C@@]6(O)[C@H](OC(=O)c7ccccc7)[C@@H]5[C@@](OC)([C@@H]([C@H](OC)[C@H]23)[C@H]14)[C@@H](O)[C@@H]6OC. The minimum atomic E-state index is -1.64. The lowest BCUT2D eigenvalue weighted by molar-refractivity contribution is -0.321. The zero-order valence-corrected chi connectivity index (χ0v) is 26.1. The van der Waals surface area contributed by atoms with Gasteiger partial charge in [0.25, 0.3) is 0 Å². The fourth-order valence-electron chi connectivity index (χ4n) is 12.3. The predicted molar refractivity (Wildman–Crippen MR) is 154 cm³/mol. The van der Waals surface area contributed by atoms with E-state index in [2.05, 4.69) is 11.8 Å². The molecule has 1 heterocycles. The van der Waals surface area contributed by atoms with Gasteiger partial charge in [0.1, 0.15) is 29.5 Å². The molecule has 43 heavy (non-hydrogen) atoms. The normalized spacial score (nSPS) is 51.0. The van der Waals surface area contributed by atoms with Crippen LogP contribution < -0.4 is 0 Å². The molecule has 5 aliphatic carbocycles. The van der Waals surface area contributed by atoms with Crippen LogP contribution in [0.25, 0.3) is 0 Å². The van der Waals surface area contributed by atoms with Crippen molar-refractivity contribution in [3.05, 3.63) is 35.9 Å². The molecule has 6 fully saturated rings. The summed E-state index contributed by atoms with van der Waals surface area (Å²) in [6.07, 6.45) is -1.58. The highest BCUT2D eigenvalue weighted by molar-refractivity contribution is 5.89. The molecule has 7 rings (SSSR count). The zero-order valence-electron chi connectivity index (χ0n) is 26.1. The molecule has 7 bridgehead atoms. The molecule has 1 spiro atoms. The highest BCUT2D eigenvalue weighted by Crippen LogP contribution is 2.80. The van der Waals surface area contributed by atoms with Crippen molar-refractivity contribution in [2.75, 3.05) is 55.2 Å². The number of carbonyl (C=O) groups is 1. The van der Waals surface area contributed by atoms with Gasteiger partial charge in [-0.3, -0.25) is 4.90 Å². The monoisotopic (exact) mass is 601 g/mol. The maximum atomic E-state index is 13.7. The molecule has 1 aromatic rings. The number of benzene rings is 1. The summed E-state index contributed by atoms with van der Waals surface area (Å²) in [5, 5.41) is 25.1. The topological polar surface area (TPSA) is 116 Å². The highest BCUT2D eigenvalue weighted by Gasteiger charge is 2.90. The minimum absolute atomic E-state index is 0.0186. The molecular weight excluding hydrogens is 554 g/mol. The van der Waals surface area contributed by atoms with Crippen molar-refractivity contribution in [3.8, 4) is 0 Å². The molecule has 5 saturated carbocycles. The number of rotatable bonds is 9. The second-order valence-electron chi connectivity index (χ2n) is 13.9. The van der Waals surface area contributed by atoms with Gasteiger partial charge in [0.15, 0.2) is 0 Å². The first-order chi connectivity index (χ1) is 20.7. The number of likely N-dealkylation sites (tertiary alicyclic amines) is 1. The molecule has 0 aromatic heterocycles. The molecule has 1 saturated heterocycles. The lowest BCUT2D eigenvalue weighted by Crippen LogP contribution is -2.80. The van der Waals surface area contributed by atoms with Crippen molar-refractivity contribution >= 4 is 5.97 Å². The number of aliphatic hydroxyl groups is 2. The van der Waals surface area contributed by atoms with E-state index >= 15 is 0 Å². The summed E-state index contributed by atoms with van der Waals surface area (Å²) in [6.45, 7) is 4.40. The van der Waals surface area contributed by atoms with Crippen molar-refractivity contribution in [2.24, 2.45) is 34.5 Å². The van der Waals surface area contributed by atoms with Gasteiger partial charge in [0.2, 0.25) is 0 Å². The lowest BCUT2D eigenvalue weighted by atomic mass is 9.43. The number of piperidine rings is 1. The molecule has 0 unspecified atom stereocenters. The third-order valence-corrected chi connectivity index (χ3v) is 13.1. The first kappa shape index (κ1) is 30.0. The van der Waals surface area contributed by atoms with E-state index in [1.54, 1.807) is 52.7 Å². The summed E-state index contributed by atoms with van der Waals surface area (Å²) in [5.41, 5.74) is -3.15. The van der Waals surface area contributed by atoms with Gasteiger partial charge < -0.3 is 38.6 Å². The van der Waals surface area contributed by atoms with Gasteiger partial charge >= 0.3 is 5.97 Å². The Hall–Kier alpha value is -1.63. The van der Waals surface area contributed by atoms with Crippen molar-refractivity contribution in [2.45, 2.75) is 73.9 Å². The molecule has 1 aromatic carbocycles. The number of fused-ring (bicyclic) bond motifs is 2. The lowest BCUT2D eigenvalue weighted by Gasteiger charge is -2.69. The Bertz CT molecular complexity index is 1230. The molecule has 238 valence electrons. The highest BCUT2D eigenvalue weighted by atomic mass is 16.6. The van der Waals surface area contributed by atoms with Gasteiger partial charge in [-0.2, -0.15) is 0 Å². The number of hydrogen-bond donors (Lipinski definition) is 2. The van der Waals surface area contributed by atoms with E-state index < -0.39 is 46.8 Å². The minimum Gasteiger partial charge on any atom is -0.455 e. The van der Waals surface area contributed by atoms with Crippen LogP contribution in [-0.2, 0) is 28.4 Å². The van der Waals surface area contributed by atoms with Gasteiger partial charge in [0.05, 0.1) is 24.4 Å². The summed E-state index contributed by atoms with van der Waals surface area (Å²) in [7, 11) is 8.45. The predicted octanol–water partition coefficient (Wildman–Crippen LogP) is 1.76. The number of methoxy groups -OCH3 is 5. The smallest absolute Gasteiger partial charge is 0.338 e. The fourth-order valence-corrected chi connectivity index (χ4v) is 12.3. The maximum absolute atomic E-state index is 13.7. The van der Waals surface area contributed by atoms with Crippen LogP contribution in [0.5, 0.6) is 0 Å². The molecule has 6 aliphatic rings. The Balaban J connectivity index is 1.49. The van der Waals surface area contributed by atoms with Crippen LogP contribution in [0.2, 0.25) is 0 Å². The molecule has 0 amide bonds. The first-order valence-corrected chi connectivity index (χ1v) is 15.7. The second kappa shape index (κ2) is 10.2. The Morgan fingerprint density at radius 1 is 1.02 bits per heavy atom. The summed E-state index contributed by atoms with van der Waals surface area (Å²) in [4.78, 5) is 16.2. The van der Waals surface area contributed by atoms with E-state index in [-0.39, 0.29) is 47.8 Å². The summed E-state index contributed by atoms with van der Waals surface area (Å²) in [6, 6.07) is 8.79. The van der Waals surface area contributed by atoms with Gasteiger partial charge in [-0.05, 0) is 43.9 Å². The molecule has 0 radical (unpaired) electrons. The van der Waals surface area contributed by atoms with E-state index in [1.807, 2.05) is 6.07 Å². The van der Waals surface area contributed by atoms with Crippen molar-refractivity contribution in [3.63, 3.8) is 0 Å². The van der Waals surface area contributed by atoms with Crippen LogP contribution in [0.4, 0.5) is 0 Å². The number of esters is 1. The first-order valence-electron chi connectivity index (χ1n) is 15.7. The van der Waals surface area contributed by atoms with Crippen LogP contribution in [0.1, 0.15) is 36.5 Å². The molecule has 1 aliphatic heterocycles. The van der Waals surface area contributed by atoms with E-state index in [0.717, 1.165) is 25.9 Å². The Morgan fingerprint density at radius 2 is 1.77 bits per heavy atom. The van der Waals surface area contributed by atoms with Crippen molar-refractivity contribution < 1.29 is 43.4 Å². The van der Waals surface area contributed by atoms with Crippen molar-refractivity contribution in [1.29, 1.82) is 0 Å². The van der Waals surface area contributed by atoms with Crippen LogP contribution >= 0.6 is 0 Å². The van der Waals surface area contributed by atoms with Gasteiger partial charge in [0, 0.05) is 76.7 Å². The Kier molecular flexibility index (Phi) is 7.12. The van der Waals surface area contributed by atoms with Gasteiger partial charge in [-0.1, -0.05) is 25.1 Å². The average Bonchev–Trinajstić information content (AvgIpc) is 3.39. The van der Waals surface area contributed by atoms with Gasteiger partial charge in [-0.25, -0.2) is 4.79 Å². The number of carbonyl (C=O) groups excluding carboxylic acids is 1. The van der Waals surface area contributed by atoms with E-state index in [1.165, 1.54) is 7.11 Å². The largest absolute Gasteiger partial charge is 0.455 e. The third kappa shape index (κ3) is 3.34. The summed E-state index contributed by atoms with van der Waals surface area (Å²) < 4.78 is 38.0. The van der Waals surface area contributed by atoms with E-state index in [4.69, 9.17) is 28.4 Å². The molecule has 10 heteroatoms. The van der Waals surface area contributed by atoms with E-state index in [9.17, 15) is 15.0 Å². The average molecular weight is 602 g/mol. The Labute approximate surface area is 253 Å². The van der Waals surface area contributed by atoms with Gasteiger partial charge in [-0.15, -0.1) is 0 Å². The molecular formula is C33H47NO9. The quantitative estimate of drug-likeness (QED) is 0.406. The zero-order chi connectivity index (χ0) is 30.5. The fraction of sp³-hybridized carbons (Fsp3) is 0.788. The molecule has 2 N–H and O–H groups in total. The number of hydrogen-bond acceptors (Lipinski definition) is 10. The number of nitrogens with zero attached hydrogens (tertiary/aromatic N) is 1. The maximum Gasteiger partial charge on any atom is 0.338 e. The van der Waals surface area contributed by atoms with Crippen LogP contribution in [0.3, 0.4) is 0 Å². The number of aliphatic hydroxyl groups excluding tert-OH is 1. The van der Waals surface area contributed by atoms with Crippen molar-refractivity contribution in [1.82, 2.24) is 4.90 Å². The number of ether oxygens (including phenoxy) is 6.